The van der Waals surface area contributed by atoms with E-state index in [1.54, 1.807) is 17.4 Å². The molecule has 0 aliphatic heterocycles. The predicted molar refractivity (Wildman–Crippen MR) is 78.0 cm³/mol. The van der Waals surface area contributed by atoms with E-state index in [2.05, 4.69) is 17.2 Å². The molecule has 0 aliphatic carbocycles. The number of nitrogens with one attached hydrogen (secondary N) is 1. The lowest BCUT2D eigenvalue weighted by molar-refractivity contribution is 0.251. The van der Waals surface area contributed by atoms with Crippen LogP contribution in [0.2, 0.25) is 0 Å². The molecule has 0 saturated carbocycles. The Kier molecular flexibility index (Phi) is 6.00. The van der Waals surface area contributed by atoms with Gasteiger partial charge in [0.05, 0.1) is 12.3 Å². The number of nitrogens with zero attached hydrogens (tertiary/aromatic N) is 1. The number of halogens is 2. The molecule has 0 aliphatic rings. The zero-order chi connectivity index (χ0) is 14.4. The molecular weight excluding hydrogens is 302 g/mol. The first-order valence-electron chi connectivity index (χ1n) is 6.29. The molecule has 2 aromatic rings. The van der Waals surface area contributed by atoms with E-state index in [1.165, 1.54) is 4.88 Å². The molecule has 0 aromatic carbocycles. The molecule has 3 nitrogen and oxygen atoms in total. The van der Waals surface area contributed by atoms with Gasteiger partial charge in [-0.25, -0.2) is 4.98 Å². The van der Waals surface area contributed by atoms with Gasteiger partial charge in [0.2, 0.25) is 0 Å². The first-order valence-corrected chi connectivity index (χ1v) is 8.15. The number of aromatic nitrogens is 1. The number of alkyl halides is 2. The maximum absolute atomic E-state index is 12.1. The van der Waals surface area contributed by atoms with Gasteiger partial charge in [0.25, 0.3) is 5.76 Å². The van der Waals surface area contributed by atoms with Crippen LogP contribution in [-0.4, -0.2) is 10.7 Å². The van der Waals surface area contributed by atoms with Crippen molar-refractivity contribution in [2.24, 2.45) is 0 Å². The highest BCUT2D eigenvalue weighted by molar-refractivity contribution is 7.98. The van der Waals surface area contributed by atoms with Crippen LogP contribution in [0, 0.1) is 0 Å². The van der Waals surface area contributed by atoms with Crippen LogP contribution in [0.5, 0.6) is 0 Å². The third-order valence-electron chi connectivity index (χ3n) is 2.59. The van der Waals surface area contributed by atoms with E-state index in [1.807, 2.05) is 12.3 Å². The molecule has 0 spiro atoms. The first-order chi connectivity index (χ1) is 9.67. The fourth-order valence-corrected chi connectivity index (χ4v) is 2.90. The van der Waals surface area contributed by atoms with Gasteiger partial charge in [-0.2, -0.15) is 8.78 Å². The van der Waals surface area contributed by atoms with Crippen molar-refractivity contribution < 1.29 is 13.2 Å². The third kappa shape index (κ3) is 4.88. The van der Waals surface area contributed by atoms with Gasteiger partial charge in [-0.15, -0.1) is 11.3 Å². The number of thioether (sulfide) groups is 1. The molecule has 7 heteroatoms. The highest BCUT2D eigenvalue weighted by atomic mass is 32.2. The van der Waals surface area contributed by atoms with Crippen molar-refractivity contribution in [2.75, 3.05) is 0 Å². The molecule has 0 unspecified atom stereocenters. The lowest BCUT2D eigenvalue weighted by Crippen LogP contribution is -2.11. The van der Waals surface area contributed by atoms with Crippen molar-refractivity contribution in [3.8, 4) is 0 Å². The fourth-order valence-electron chi connectivity index (χ4n) is 1.63. The lowest BCUT2D eigenvalue weighted by atomic mass is 10.4. The Morgan fingerprint density at radius 2 is 2.15 bits per heavy atom. The first kappa shape index (κ1) is 15.5. The van der Waals surface area contributed by atoms with Crippen LogP contribution in [0.15, 0.2) is 22.7 Å². The predicted octanol–water partition coefficient (Wildman–Crippen LogP) is 4.04. The smallest absolute Gasteiger partial charge is 0.284 e. The molecule has 0 fully saturated rings. The van der Waals surface area contributed by atoms with Gasteiger partial charge in [-0.1, -0.05) is 18.7 Å². The highest BCUT2D eigenvalue weighted by Gasteiger charge is 2.07. The quantitative estimate of drug-likeness (QED) is 0.797. The Balaban J connectivity index is 1.73. The van der Waals surface area contributed by atoms with E-state index in [4.69, 9.17) is 4.42 Å². The normalized spacial score (nSPS) is 11.4. The minimum atomic E-state index is -2.36. The SMILES string of the molecule is CCc1cnc(CNCc2ccc(CSC(F)F)o2)s1. The topological polar surface area (TPSA) is 38.1 Å². The molecule has 0 radical (unpaired) electrons. The van der Waals surface area contributed by atoms with Gasteiger partial charge in [-0.3, -0.25) is 0 Å². The van der Waals surface area contributed by atoms with Gasteiger partial charge < -0.3 is 9.73 Å². The molecular formula is C13H16F2N2OS2. The third-order valence-corrected chi connectivity index (χ3v) is 4.44. The van der Waals surface area contributed by atoms with Crippen LogP contribution in [-0.2, 0) is 25.3 Å². The van der Waals surface area contributed by atoms with E-state index in [9.17, 15) is 8.78 Å². The highest BCUT2D eigenvalue weighted by Crippen LogP contribution is 2.21. The summed E-state index contributed by atoms with van der Waals surface area (Å²) in [6.07, 6.45) is 2.90. The summed E-state index contributed by atoms with van der Waals surface area (Å²) in [5.74, 6) is -0.833. The van der Waals surface area contributed by atoms with Crippen LogP contribution < -0.4 is 5.32 Å². The Morgan fingerprint density at radius 1 is 1.35 bits per heavy atom. The van der Waals surface area contributed by atoms with Crippen molar-refractivity contribution in [1.82, 2.24) is 10.3 Å². The number of hydrogen-bond donors (Lipinski definition) is 1. The molecule has 2 rings (SSSR count). The maximum Gasteiger partial charge on any atom is 0.284 e. The second kappa shape index (κ2) is 7.75. The fraction of sp³-hybridized carbons (Fsp3) is 0.462. The summed E-state index contributed by atoms with van der Waals surface area (Å²) in [5, 5.41) is 4.28. The van der Waals surface area contributed by atoms with Crippen molar-refractivity contribution >= 4 is 23.1 Å². The standard InChI is InChI=1S/C13H16F2N2OS2/c1-2-11-6-17-12(20-11)7-16-5-9-3-4-10(18-9)8-19-13(14)15/h3-4,6,13,16H,2,5,7-8H2,1H3. The minimum absolute atomic E-state index is 0.198. The van der Waals surface area contributed by atoms with Gasteiger partial charge in [0.15, 0.2) is 0 Å². The molecule has 0 saturated heterocycles. The van der Waals surface area contributed by atoms with Crippen LogP contribution in [0.4, 0.5) is 8.78 Å². The molecule has 0 bridgehead atoms. The number of thiazole rings is 1. The Labute approximate surface area is 124 Å². The molecule has 0 atom stereocenters. The average molecular weight is 318 g/mol. The second-order valence-corrected chi connectivity index (χ2v) is 6.30. The van der Waals surface area contributed by atoms with Crippen LogP contribution >= 0.6 is 23.1 Å². The molecule has 0 amide bonds. The van der Waals surface area contributed by atoms with Gasteiger partial charge in [0, 0.05) is 17.6 Å². The largest absolute Gasteiger partial charge is 0.464 e. The molecule has 1 N–H and O–H groups in total. The summed E-state index contributed by atoms with van der Waals surface area (Å²) in [7, 11) is 0. The number of rotatable bonds is 8. The van der Waals surface area contributed by atoms with Crippen molar-refractivity contribution in [1.29, 1.82) is 0 Å². The Morgan fingerprint density at radius 3 is 2.85 bits per heavy atom. The van der Waals surface area contributed by atoms with E-state index in [0.29, 0.717) is 30.6 Å². The van der Waals surface area contributed by atoms with Crippen molar-refractivity contribution in [3.05, 3.63) is 39.7 Å². The summed E-state index contributed by atoms with van der Waals surface area (Å²) in [4.78, 5) is 5.58. The summed E-state index contributed by atoms with van der Waals surface area (Å²) in [5.41, 5.74) is 0. The van der Waals surface area contributed by atoms with E-state index < -0.39 is 5.76 Å². The number of aryl methyl sites for hydroxylation is 1. The van der Waals surface area contributed by atoms with E-state index in [0.717, 1.165) is 17.2 Å². The lowest BCUT2D eigenvalue weighted by Gasteiger charge is -2.00. The summed E-state index contributed by atoms with van der Waals surface area (Å²) in [6.45, 7) is 3.36. The van der Waals surface area contributed by atoms with E-state index in [-0.39, 0.29) is 5.75 Å². The Bertz CT molecular complexity index is 528. The monoisotopic (exact) mass is 318 g/mol. The van der Waals surface area contributed by atoms with Gasteiger partial charge >= 0.3 is 0 Å². The van der Waals surface area contributed by atoms with Gasteiger partial charge in [-0.05, 0) is 18.6 Å². The number of furan rings is 1. The Hall–Kier alpha value is -0.920. The van der Waals surface area contributed by atoms with E-state index >= 15 is 0 Å². The minimum Gasteiger partial charge on any atom is -0.464 e. The van der Waals surface area contributed by atoms with Gasteiger partial charge in [0.1, 0.15) is 16.5 Å². The molecule has 110 valence electrons. The zero-order valence-corrected chi connectivity index (χ0v) is 12.7. The number of hydrogen-bond acceptors (Lipinski definition) is 5. The van der Waals surface area contributed by atoms with Crippen molar-refractivity contribution in [2.45, 2.75) is 37.9 Å². The summed E-state index contributed by atoms with van der Waals surface area (Å²) >= 11 is 2.26. The zero-order valence-electron chi connectivity index (χ0n) is 11.1. The summed E-state index contributed by atoms with van der Waals surface area (Å²) < 4.78 is 29.6. The average Bonchev–Trinajstić information content (AvgIpc) is 3.05. The van der Waals surface area contributed by atoms with Crippen LogP contribution in [0.25, 0.3) is 0 Å². The summed E-state index contributed by atoms with van der Waals surface area (Å²) in [6, 6.07) is 3.55. The molecule has 2 heterocycles. The van der Waals surface area contributed by atoms with Crippen molar-refractivity contribution in [3.63, 3.8) is 0 Å². The van der Waals surface area contributed by atoms with Crippen LogP contribution in [0.3, 0.4) is 0 Å². The molecule has 2 aromatic heterocycles. The molecule has 20 heavy (non-hydrogen) atoms. The van der Waals surface area contributed by atoms with Crippen LogP contribution in [0.1, 0.15) is 28.3 Å². The maximum atomic E-state index is 12.1. The second-order valence-electron chi connectivity index (χ2n) is 4.12.